The standard InChI is InChI=1S/C58H34N2OS3Si/c1-3-13-37(14-4-1)65(38-15-5-2-6-16-38,51-23-11-19-42-45-33-35(25-27-49(45)62-56(42)51)53-55-41(29-31-59-53)39-17-7-9-21-47(39)61-55)52-24-12-20-43-46-34-36(26-28-50(46)63-57(43)52)54-58-44(30-32-60-54)40-18-8-10-22-48(40)64-58/h1-34H. The molecule has 0 saturated carbocycles. The Kier molecular flexibility index (Phi) is 8.21. The number of benzene rings is 8. The molecule has 0 radical (unpaired) electrons. The summed E-state index contributed by atoms with van der Waals surface area (Å²) in [4.78, 5) is 9.95. The van der Waals surface area contributed by atoms with Crippen LogP contribution in [0.4, 0.5) is 0 Å². The average Bonchev–Trinajstić information content (AvgIpc) is 4.15. The Morgan fingerprint density at radius 2 is 0.846 bits per heavy atom. The van der Waals surface area contributed by atoms with E-state index in [1.165, 1.54) is 81.3 Å². The number of pyridine rings is 2. The summed E-state index contributed by atoms with van der Waals surface area (Å²) < 4.78 is 14.2. The van der Waals surface area contributed by atoms with E-state index in [0.29, 0.717) is 0 Å². The van der Waals surface area contributed by atoms with Gasteiger partial charge in [-0.3, -0.25) is 9.97 Å². The molecule has 8 aromatic carbocycles. The van der Waals surface area contributed by atoms with E-state index in [0.717, 1.165) is 44.5 Å². The fraction of sp³-hybridized carbons (Fsp3) is 0. The van der Waals surface area contributed by atoms with Crippen LogP contribution >= 0.6 is 34.0 Å². The molecule has 0 amide bonds. The molecular weight excluding hydrogens is 865 g/mol. The summed E-state index contributed by atoms with van der Waals surface area (Å²) in [7, 11) is -3.04. The van der Waals surface area contributed by atoms with Gasteiger partial charge in [0.05, 0.1) is 10.4 Å². The van der Waals surface area contributed by atoms with Crippen LogP contribution in [0.25, 0.3) is 105 Å². The Morgan fingerprint density at radius 3 is 1.51 bits per heavy atom. The van der Waals surface area contributed by atoms with E-state index in [-0.39, 0.29) is 0 Å². The average molecular weight is 899 g/mol. The Bertz CT molecular complexity index is 3930. The summed E-state index contributed by atoms with van der Waals surface area (Å²) in [5, 5.41) is 15.3. The van der Waals surface area contributed by atoms with Crippen molar-refractivity contribution in [1.82, 2.24) is 9.97 Å². The first-order valence-corrected chi connectivity index (χ1v) is 26.2. The van der Waals surface area contributed by atoms with Crippen molar-refractivity contribution in [2.24, 2.45) is 0 Å². The van der Waals surface area contributed by atoms with E-state index in [9.17, 15) is 0 Å². The summed E-state index contributed by atoms with van der Waals surface area (Å²) >= 11 is 5.67. The smallest absolute Gasteiger partial charge is 0.182 e. The number of para-hydroxylation sites is 1. The monoisotopic (exact) mass is 898 g/mol. The fourth-order valence-electron chi connectivity index (χ4n) is 10.5. The van der Waals surface area contributed by atoms with Gasteiger partial charge in [0, 0.05) is 90.1 Å². The quantitative estimate of drug-likeness (QED) is 0.123. The van der Waals surface area contributed by atoms with Crippen molar-refractivity contribution in [2.75, 3.05) is 0 Å². The Balaban J connectivity index is 1.02. The molecule has 0 aliphatic heterocycles. The van der Waals surface area contributed by atoms with Crippen molar-refractivity contribution in [3.63, 3.8) is 0 Å². The molecule has 0 spiro atoms. The van der Waals surface area contributed by atoms with Crippen LogP contribution in [0.15, 0.2) is 211 Å². The molecule has 0 aliphatic rings. The first-order valence-electron chi connectivity index (χ1n) is 21.8. The highest BCUT2D eigenvalue weighted by Crippen LogP contribution is 2.43. The minimum Gasteiger partial charge on any atom is -0.454 e. The largest absolute Gasteiger partial charge is 0.454 e. The van der Waals surface area contributed by atoms with Gasteiger partial charge in [0.2, 0.25) is 0 Å². The maximum atomic E-state index is 6.49. The molecule has 6 aromatic heterocycles. The van der Waals surface area contributed by atoms with Gasteiger partial charge in [-0.05, 0) is 69.3 Å². The van der Waals surface area contributed by atoms with E-state index in [2.05, 4.69) is 182 Å². The molecule has 0 fully saturated rings. The molecule has 0 saturated heterocycles. The number of thiophene rings is 3. The van der Waals surface area contributed by atoms with Crippen LogP contribution in [-0.4, -0.2) is 18.0 Å². The van der Waals surface area contributed by atoms with E-state index in [1.807, 2.05) is 58.5 Å². The van der Waals surface area contributed by atoms with Crippen LogP contribution in [0.3, 0.4) is 0 Å². The predicted molar refractivity (Wildman–Crippen MR) is 282 cm³/mol. The van der Waals surface area contributed by atoms with Crippen LogP contribution < -0.4 is 20.7 Å². The molecule has 0 unspecified atom stereocenters. The predicted octanol–water partition coefficient (Wildman–Crippen LogP) is 14.2. The molecule has 304 valence electrons. The van der Waals surface area contributed by atoms with Crippen molar-refractivity contribution in [3.8, 4) is 22.5 Å². The van der Waals surface area contributed by atoms with E-state index < -0.39 is 8.07 Å². The first-order chi connectivity index (χ1) is 32.2. The zero-order valence-electron chi connectivity index (χ0n) is 34.7. The van der Waals surface area contributed by atoms with Gasteiger partial charge in [0.1, 0.15) is 11.3 Å². The van der Waals surface area contributed by atoms with Gasteiger partial charge < -0.3 is 4.42 Å². The van der Waals surface area contributed by atoms with Gasteiger partial charge in [-0.2, -0.15) is 0 Å². The first kappa shape index (κ1) is 37.1. The van der Waals surface area contributed by atoms with Gasteiger partial charge >= 0.3 is 0 Å². The molecule has 14 aromatic rings. The van der Waals surface area contributed by atoms with E-state index in [4.69, 9.17) is 14.4 Å². The molecule has 0 N–H and O–H groups in total. The van der Waals surface area contributed by atoms with Crippen LogP contribution in [-0.2, 0) is 0 Å². The van der Waals surface area contributed by atoms with Crippen molar-refractivity contribution in [3.05, 3.63) is 207 Å². The summed E-state index contributed by atoms with van der Waals surface area (Å²) in [5.74, 6) is 0. The van der Waals surface area contributed by atoms with Crippen molar-refractivity contribution < 1.29 is 4.42 Å². The third-order valence-electron chi connectivity index (χ3n) is 13.3. The second-order valence-electron chi connectivity index (χ2n) is 16.7. The number of rotatable bonds is 6. The molecule has 7 heteroatoms. The molecule has 6 heterocycles. The minimum atomic E-state index is -3.04. The number of hydrogen-bond donors (Lipinski definition) is 0. The normalized spacial score (nSPS) is 12.3. The molecule has 0 atom stereocenters. The second-order valence-corrected chi connectivity index (χ2v) is 23.6. The SMILES string of the molecule is c1ccc([Si](c2ccccc2)(c2cccc3c2sc2ccc(-c4nccc5c4oc4ccccc45)cc23)c2cccc3c2sc2ccc(-c4nccc5c4sc4ccccc45)cc23)cc1. The van der Waals surface area contributed by atoms with Crippen molar-refractivity contribution >= 4 is 145 Å². The zero-order chi connectivity index (χ0) is 42.6. The molecule has 0 aliphatic carbocycles. The van der Waals surface area contributed by atoms with Gasteiger partial charge in [-0.25, -0.2) is 0 Å². The maximum absolute atomic E-state index is 6.49. The zero-order valence-corrected chi connectivity index (χ0v) is 38.1. The second kappa shape index (κ2) is 14.4. The number of nitrogens with zero attached hydrogens (tertiary/aromatic N) is 2. The fourth-order valence-corrected chi connectivity index (χ4v) is 20.0. The van der Waals surface area contributed by atoms with Crippen molar-refractivity contribution in [1.29, 1.82) is 0 Å². The lowest BCUT2D eigenvalue weighted by atomic mass is 10.0. The Morgan fingerprint density at radius 1 is 0.354 bits per heavy atom. The minimum absolute atomic E-state index is 0.824. The third-order valence-corrected chi connectivity index (χ3v) is 22.2. The van der Waals surface area contributed by atoms with Gasteiger partial charge in [0.15, 0.2) is 13.7 Å². The Hall–Kier alpha value is -7.26. The highest BCUT2D eigenvalue weighted by Gasteiger charge is 2.44. The highest BCUT2D eigenvalue weighted by molar-refractivity contribution is 7.33. The van der Waals surface area contributed by atoms with Crippen molar-refractivity contribution in [2.45, 2.75) is 0 Å². The lowest BCUT2D eigenvalue weighted by Gasteiger charge is -2.35. The number of furan rings is 1. The van der Waals surface area contributed by atoms with Gasteiger partial charge in [0.25, 0.3) is 0 Å². The maximum Gasteiger partial charge on any atom is 0.182 e. The van der Waals surface area contributed by atoms with Crippen LogP contribution in [0.2, 0.25) is 0 Å². The van der Waals surface area contributed by atoms with Gasteiger partial charge in [-0.15, -0.1) is 34.0 Å². The molecule has 14 rings (SSSR count). The summed E-state index contributed by atoms with van der Waals surface area (Å²) in [6.07, 6.45) is 3.88. The van der Waals surface area contributed by atoms with Crippen LogP contribution in [0, 0.1) is 0 Å². The number of fused-ring (bicyclic) bond motifs is 12. The topological polar surface area (TPSA) is 38.9 Å². The lowest BCUT2D eigenvalue weighted by Crippen LogP contribution is -2.74. The molecule has 65 heavy (non-hydrogen) atoms. The molecule has 3 nitrogen and oxygen atoms in total. The number of aromatic nitrogens is 2. The van der Waals surface area contributed by atoms with E-state index >= 15 is 0 Å². The molecule has 0 bridgehead atoms. The van der Waals surface area contributed by atoms with Gasteiger partial charge in [-0.1, -0.05) is 146 Å². The van der Waals surface area contributed by atoms with Crippen LogP contribution in [0.5, 0.6) is 0 Å². The molecular formula is C58H34N2OS3Si. The highest BCUT2D eigenvalue weighted by atomic mass is 32.1. The summed E-state index contributed by atoms with van der Waals surface area (Å²) in [5.41, 5.74) is 5.81. The lowest BCUT2D eigenvalue weighted by molar-refractivity contribution is 0.668. The summed E-state index contributed by atoms with van der Waals surface area (Å²) in [6.45, 7) is 0. The van der Waals surface area contributed by atoms with Crippen LogP contribution in [0.1, 0.15) is 0 Å². The van der Waals surface area contributed by atoms with E-state index in [1.54, 1.807) is 0 Å². The number of hydrogen-bond acceptors (Lipinski definition) is 6. The third kappa shape index (κ3) is 5.44. The summed E-state index contributed by atoms with van der Waals surface area (Å²) in [6, 6.07) is 71.8. The Labute approximate surface area is 386 Å².